The molecule has 0 atom stereocenters. The molecule has 1 spiro atoms. The van der Waals surface area contributed by atoms with Crippen LogP contribution in [0.2, 0.25) is 0 Å². The standard InChI is InChI=1S/C20H23N5OS/c1-13-23-16-11-14(3-4-17(16)27-13)19(26)25-9-6-20(7-10-25)18-15(21-12-22-18)5-8-24(20)2/h3-4,11-12H,5-10H2,1-2H3,(H,21,22). The summed E-state index contributed by atoms with van der Waals surface area (Å²) in [6.07, 6.45) is 4.67. The second-order valence-corrected chi connectivity index (χ2v) is 8.88. The molecule has 1 fully saturated rings. The number of nitrogens with zero attached hydrogens (tertiary/aromatic N) is 4. The minimum Gasteiger partial charge on any atom is -0.348 e. The lowest BCUT2D eigenvalue weighted by Gasteiger charge is -2.49. The number of aromatic amines is 1. The Morgan fingerprint density at radius 1 is 1.26 bits per heavy atom. The largest absolute Gasteiger partial charge is 0.348 e. The summed E-state index contributed by atoms with van der Waals surface area (Å²) >= 11 is 1.67. The molecule has 140 valence electrons. The molecule has 2 aliphatic rings. The first-order chi connectivity index (χ1) is 13.1. The summed E-state index contributed by atoms with van der Waals surface area (Å²) < 4.78 is 1.14. The molecule has 1 N–H and O–H groups in total. The number of fused-ring (bicyclic) bond motifs is 3. The first-order valence-electron chi connectivity index (χ1n) is 9.47. The molecule has 5 rings (SSSR count). The molecular weight excluding hydrogens is 358 g/mol. The first-order valence-corrected chi connectivity index (χ1v) is 10.3. The van der Waals surface area contributed by atoms with E-state index in [-0.39, 0.29) is 11.4 Å². The Labute approximate surface area is 162 Å². The number of amides is 1. The number of carbonyl (C=O) groups is 1. The smallest absolute Gasteiger partial charge is 0.253 e. The highest BCUT2D eigenvalue weighted by Gasteiger charge is 2.45. The van der Waals surface area contributed by atoms with Crippen LogP contribution in [0.4, 0.5) is 0 Å². The Morgan fingerprint density at radius 3 is 2.89 bits per heavy atom. The number of aryl methyl sites for hydroxylation is 1. The molecule has 0 radical (unpaired) electrons. The number of benzene rings is 1. The number of piperidine rings is 1. The van der Waals surface area contributed by atoms with E-state index in [2.05, 4.69) is 26.9 Å². The number of H-pyrrole nitrogens is 1. The van der Waals surface area contributed by atoms with E-state index in [1.165, 1.54) is 11.4 Å². The lowest BCUT2D eigenvalue weighted by Crippen LogP contribution is -2.55. The summed E-state index contributed by atoms with van der Waals surface area (Å²) in [6.45, 7) is 4.54. The summed E-state index contributed by atoms with van der Waals surface area (Å²) in [5.41, 5.74) is 4.06. The SMILES string of the molecule is Cc1nc2cc(C(=O)N3CCC4(CC3)c3nc[nH]c3CCN4C)ccc2s1. The topological polar surface area (TPSA) is 65.1 Å². The highest BCUT2D eigenvalue weighted by Crippen LogP contribution is 2.41. The maximum absolute atomic E-state index is 13.1. The number of hydrogen-bond acceptors (Lipinski definition) is 5. The van der Waals surface area contributed by atoms with Gasteiger partial charge in [-0.1, -0.05) is 0 Å². The van der Waals surface area contributed by atoms with Crippen molar-refractivity contribution in [3.05, 3.63) is 46.5 Å². The fourth-order valence-corrected chi connectivity index (χ4v) is 5.45. The summed E-state index contributed by atoms with van der Waals surface area (Å²) in [4.78, 5) is 30.0. The van der Waals surface area contributed by atoms with Gasteiger partial charge in [-0.25, -0.2) is 9.97 Å². The lowest BCUT2D eigenvalue weighted by atomic mass is 9.79. The Hall–Kier alpha value is -2.25. The van der Waals surface area contributed by atoms with E-state index >= 15 is 0 Å². The van der Waals surface area contributed by atoms with E-state index in [0.29, 0.717) is 0 Å². The van der Waals surface area contributed by atoms with Crippen molar-refractivity contribution in [2.24, 2.45) is 0 Å². The minimum absolute atomic E-state index is 0.0413. The number of likely N-dealkylation sites (tertiary alicyclic amines) is 1. The molecule has 3 aromatic rings. The van der Waals surface area contributed by atoms with E-state index < -0.39 is 0 Å². The Bertz CT molecular complexity index is 1010. The molecule has 7 heteroatoms. The Balaban J connectivity index is 1.38. The summed E-state index contributed by atoms with van der Waals surface area (Å²) in [7, 11) is 2.19. The fraction of sp³-hybridized carbons (Fsp3) is 0.450. The van der Waals surface area contributed by atoms with Crippen molar-refractivity contribution in [3.8, 4) is 0 Å². The van der Waals surface area contributed by atoms with E-state index in [1.807, 2.05) is 36.4 Å². The first kappa shape index (κ1) is 16.9. The highest BCUT2D eigenvalue weighted by molar-refractivity contribution is 7.18. The molecule has 27 heavy (non-hydrogen) atoms. The van der Waals surface area contributed by atoms with Crippen molar-refractivity contribution in [1.29, 1.82) is 0 Å². The summed E-state index contributed by atoms with van der Waals surface area (Å²) in [5, 5.41) is 1.03. The highest BCUT2D eigenvalue weighted by atomic mass is 32.1. The monoisotopic (exact) mass is 381 g/mol. The number of carbonyl (C=O) groups excluding carboxylic acids is 1. The molecule has 1 aromatic carbocycles. The third-order valence-electron chi connectivity index (χ3n) is 6.21. The normalized spacial score (nSPS) is 19.6. The predicted molar refractivity (Wildman–Crippen MR) is 106 cm³/mol. The van der Waals surface area contributed by atoms with Crippen molar-refractivity contribution in [1.82, 2.24) is 24.8 Å². The van der Waals surface area contributed by atoms with Crippen molar-refractivity contribution >= 4 is 27.5 Å². The second kappa shape index (κ2) is 6.14. The van der Waals surface area contributed by atoms with E-state index in [0.717, 1.165) is 59.7 Å². The number of hydrogen-bond donors (Lipinski definition) is 1. The second-order valence-electron chi connectivity index (χ2n) is 7.64. The van der Waals surface area contributed by atoms with Gasteiger partial charge in [0.2, 0.25) is 0 Å². The van der Waals surface area contributed by atoms with E-state index in [9.17, 15) is 4.79 Å². The van der Waals surface area contributed by atoms with Gasteiger partial charge < -0.3 is 9.88 Å². The third-order valence-corrected chi connectivity index (χ3v) is 7.16. The van der Waals surface area contributed by atoms with Crippen LogP contribution >= 0.6 is 11.3 Å². The van der Waals surface area contributed by atoms with E-state index in [4.69, 9.17) is 0 Å². The molecule has 6 nitrogen and oxygen atoms in total. The number of thiazole rings is 1. The van der Waals surface area contributed by atoms with Gasteiger partial charge in [0.15, 0.2) is 0 Å². The van der Waals surface area contributed by atoms with Gasteiger partial charge in [0.05, 0.1) is 32.8 Å². The van der Waals surface area contributed by atoms with Crippen LogP contribution in [-0.4, -0.2) is 57.3 Å². The van der Waals surface area contributed by atoms with E-state index in [1.54, 1.807) is 11.3 Å². The third kappa shape index (κ3) is 2.60. The van der Waals surface area contributed by atoms with Gasteiger partial charge in [0.1, 0.15) is 0 Å². The van der Waals surface area contributed by atoms with Crippen LogP contribution in [0.25, 0.3) is 10.2 Å². The zero-order valence-electron chi connectivity index (χ0n) is 15.7. The van der Waals surface area contributed by atoms with Crippen LogP contribution in [0.1, 0.15) is 39.6 Å². The van der Waals surface area contributed by atoms with Gasteiger partial charge in [-0.15, -0.1) is 11.3 Å². The molecule has 2 aromatic heterocycles. The number of nitrogens with one attached hydrogen (secondary N) is 1. The maximum Gasteiger partial charge on any atom is 0.253 e. The van der Waals surface area contributed by atoms with Crippen molar-refractivity contribution < 1.29 is 4.79 Å². The van der Waals surface area contributed by atoms with Gasteiger partial charge in [0.25, 0.3) is 5.91 Å². The molecule has 2 aliphatic heterocycles. The maximum atomic E-state index is 13.1. The lowest BCUT2D eigenvalue weighted by molar-refractivity contribution is 0.0226. The zero-order chi connectivity index (χ0) is 18.6. The van der Waals surface area contributed by atoms with Crippen LogP contribution in [0.3, 0.4) is 0 Å². The van der Waals surface area contributed by atoms with Gasteiger partial charge >= 0.3 is 0 Å². The predicted octanol–water partition coefficient (Wildman–Crippen LogP) is 2.95. The van der Waals surface area contributed by atoms with Crippen LogP contribution in [0, 0.1) is 6.92 Å². The molecule has 0 aliphatic carbocycles. The fourth-order valence-electron chi connectivity index (χ4n) is 4.64. The quantitative estimate of drug-likeness (QED) is 0.704. The summed E-state index contributed by atoms with van der Waals surface area (Å²) in [6, 6.07) is 5.89. The number of imidazole rings is 1. The van der Waals surface area contributed by atoms with Crippen LogP contribution in [0.5, 0.6) is 0 Å². The van der Waals surface area contributed by atoms with Gasteiger partial charge in [-0.3, -0.25) is 9.69 Å². The molecule has 1 amide bonds. The molecule has 4 heterocycles. The van der Waals surface area contributed by atoms with Crippen LogP contribution in [-0.2, 0) is 12.0 Å². The summed E-state index contributed by atoms with van der Waals surface area (Å²) in [5.74, 6) is 0.109. The van der Waals surface area contributed by atoms with Crippen molar-refractivity contribution in [2.45, 2.75) is 31.7 Å². The van der Waals surface area contributed by atoms with Crippen LogP contribution < -0.4 is 0 Å². The van der Waals surface area contributed by atoms with Gasteiger partial charge in [0, 0.05) is 37.3 Å². The molecule has 0 unspecified atom stereocenters. The molecular formula is C20H23N5OS. The molecule has 0 bridgehead atoms. The average molecular weight is 382 g/mol. The average Bonchev–Trinajstić information content (AvgIpc) is 3.30. The number of rotatable bonds is 1. The Morgan fingerprint density at radius 2 is 2.07 bits per heavy atom. The number of aromatic nitrogens is 3. The zero-order valence-corrected chi connectivity index (χ0v) is 16.5. The van der Waals surface area contributed by atoms with Crippen LogP contribution in [0.15, 0.2) is 24.5 Å². The molecule has 1 saturated heterocycles. The van der Waals surface area contributed by atoms with Gasteiger partial charge in [-0.2, -0.15) is 0 Å². The van der Waals surface area contributed by atoms with Gasteiger partial charge in [-0.05, 0) is 45.0 Å². The minimum atomic E-state index is -0.0413. The van der Waals surface area contributed by atoms with Crippen molar-refractivity contribution in [2.75, 3.05) is 26.7 Å². The van der Waals surface area contributed by atoms with Crippen molar-refractivity contribution in [3.63, 3.8) is 0 Å². The Kier molecular flexibility index (Phi) is 3.84. The number of likely N-dealkylation sites (N-methyl/N-ethyl adjacent to an activating group) is 1. The molecule has 0 saturated carbocycles.